The second kappa shape index (κ2) is 8.07. The van der Waals surface area contributed by atoms with Gasteiger partial charge in [0.1, 0.15) is 0 Å². The van der Waals surface area contributed by atoms with E-state index in [0.29, 0.717) is 18.0 Å². The van der Waals surface area contributed by atoms with Crippen LogP contribution >= 0.6 is 0 Å². The zero-order chi connectivity index (χ0) is 18.5. The van der Waals surface area contributed by atoms with Gasteiger partial charge in [-0.1, -0.05) is 0 Å². The van der Waals surface area contributed by atoms with E-state index in [0.717, 1.165) is 31.5 Å². The van der Waals surface area contributed by atoms with Crippen LogP contribution in [0.5, 0.6) is 0 Å². The number of nitrogens with one attached hydrogen (secondary N) is 1. The summed E-state index contributed by atoms with van der Waals surface area (Å²) in [4.78, 5) is 26.6. The third-order valence-corrected chi connectivity index (χ3v) is 4.88. The van der Waals surface area contributed by atoms with Gasteiger partial charge < -0.3 is 10.2 Å². The summed E-state index contributed by atoms with van der Waals surface area (Å²) in [6.07, 6.45) is 8.41. The van der Waals surface area contributed by atoms with Crippen molar-refractivity contribution in [1.29, 1.82) is 0 Å². The van der Waals surface area contributed by atoms with Gasteiger partial charge in [0.2, 0.25) is 5.91 Å². The molecule has 26 heavy (non-hydrogen) atoms. The molecule has 2 aromatic heterocycles. The zero-order valence-corrected chi connectivity index (χ0v) is 15.1. The smallest absolute Gasteiger partial charge is 0.252 e. The Morgan fingerprint density at radius 1 is 1.35 bits per heavy atom. The lowest BCUT2D eigenvalue weighted by atomic mass is 10.0. The van der Waals surface area contributed by atoms with E-state index in [9.17, 15) is 9.59 Å². The second-order valence-corrected chi connectivity index (χ2v) is 6.78. The van der Waals surface area contributed by atoms with Gasteiger partial charge in [0.05, 0.1) is 30.1 Å². The highest BCUT2D eigenvalue weighted by molar-refractivity contribution is 5.93. The number of rotatable bonds is 6. The summed E-state index contributed by atoms with van der Waals surface area (Å²) >= 11 is 0. The van der Waals surface area contributed by atoms with Crippen LogP contribution in [0.2, 0.25) is 0 Å². The molecule has 1 aliphatic heterocycles. The maximum Gasteiger partial charge on any atom is 0.252 e. The van der Waals surface area contributed by atoms with Gasteiger partial charge in [-0.25, -0.2) is 0 Å². The normalized spacial score (nSPS) is 17.9. The summed E-state index contributed by atoms with van der Waals surface area (Å²) in [6, 6.07) is 1.64. The first-order valence-corrected chi connectivity index (χ1v) is 8.87. The summed E-state index contributed by atoms with van der Waals surface area (Å²) in [5.41, 5.74) is 1.45. The minimum Gasteiger partial charge on any atom is -0.352 e. The number of aromatic nitrogens is 4. The van der Waals surface area contributed by atoms with Crippen LogP contribution in [-0.4, -0.2) is 56.3 Å². The molecule has 0 radical (unpaired) electrons. The first kappa shape index (κ1) is 18.0. The van der Waals surface area contributed by atoms with Gasteiger partial charge >= 0.3 is 0 Å². The van der Waals surface area contributed by atoms with E-state index in [1.807, 2.05) is 25.1 Å². The Bertz CT molecular complexity index is 760. The molecule has 1 aliphatic rings. The van der Waals surface area contributed by atoms with Gasteiger partial charge in [0, 0.05) is 38.4 Å². The van der Waals surface area contributed by atoms with Gasteiger partial charge in [-0.3, -0.25) is 14.3 Å². The summed E-state index contributed by atoms with van der Waals surface area (Å²) < 4.78 is 1.72. The van der Waals surface area contributed by atoms with E-state index in [1.165, 1.54) is 12.4 Å². The predicted molar refractivity (Wildman–Crippen MR) is 95.3 cm³/mol. The molecule has 1 fully saturated rings. The van der Waals surface area contributed by atoms with Crippen molar-refractivity contribution >= 4 is 11.8 Å². The van der Waals surface area contributed by atoms with Crippen molar-refractivity contribution in [2.24, 2.45) is 13.0 Å². The Kier molecular flexibility index (Phi) is 5.60. The van der Waals surface area contributed by atoms with Gasteiger partial charge in [0.25, 0.3) is 5.91 Å². The Morgan fingerprint density at radius 3 is 2.88 bits per heavy atom. The molecule has 3 rings (SSSR count). The molecule has 8 heteroatoms. The van der Waals surface area contributed by atoms with E-state index in [2.05, 4.69) is 20.6 Å². The van der Waals surface area contributed by atoms with Crippen LogP contribution < -0.4 is 5.32 Å². The number of nitrogens with zero attached hydrogens (tertiary/aromatic N) is 5. The molecule has 0 saturated carbocycles. The second-order valence-electron chi connectivity index (χ2n) is 6.78. The molecule has 0 spiro atoms. The number of carbonyl (C=O) groups excluding carboxylic acids is 2. The number of amides is 2. The Morgan fingerprint density at radius 2 is 2.19 bits per heavy atom. The topological polar surface area (TPSA) is 93.0 Å². The average Bonchev–Trinajstić information content (AvgIpc) is 3.30. The minimum absolute atomic E-state index is 0.143. The lowest BCUT2D eigenvalue weighted by Gasteiger charge is -2.20. The van der Waals surface area contributed by atoms with Crippen LogP contribution in [0.15, 0.2) is 30.9 Å². The van der Waals surface area contributed by atoms with Gasteiger partial charge in [-0.05, 0) is 31.7 Å². The monoisotopic (exact) mass is 356 g/mol. The average molecular weight is 356 g/mol. The summed E-state index contributed by atoms with van der Waals surface area (Å²) in [5, 5.41) is 14.4. The van der Waals surface area contributed by atoms with Crippen molar-refractivity contribution in [2.45, 2.75) is 25.7 Å². The van der Waals surface area contributed by atoms with Gasteiger partial charge in [-0.2, -0.15) is 15.3 Å². The molecule has 1 N–H and O–H groups in total. The number of carbonyl (C=O) groups is 2. The molecule has 0 aromatic carbocycles. The first-order valence-electron chi connectivity index (χ1n) is 8.87. The molecule has 0 bridgehead atoms. The molecule has 2 atom stereocenters. The number of aryl methyl sites for hydroxylation is 1. The number of hydrogen-bond donors (Lipinski definition) is 1. The largest absolute Gasteiger partial charge is 0.352 e. The number of hydrogen-bond acceptors (Lipinski definition) is 5. The van der Waals surface area contributed by atoms with Crippen molar-refractivity contribution in [2.75, 3.05) is 19.6 Å². The first-order chi connectivity index (χ1) is 12.5. The van der Waals surface area contributed by atoms with Crippen LogP contribution in [-0.2, 0) is 11.8 Å². The quantitative estimate of drug-likeness (QED) is 0.833. The zero-order valence-electron chi connectivity index (χ0n) is 15.1. The lowest BCUT2D eigenvalue weighted by molar-refractivity contribution is -0.131. The van der Waals surface area contributed by atoms with Gasteiger partial charge in [-0.15, -0.1) is 0 Å². The standard InChI is InChI=1S/C18H24N6O2/c1-13(16-10-22-23(2)12-16)18(26)24-8-5-14(11-24)3-6-19-17(25)15-4-7-20-21-9-15/h4,7,9-10,12-14H,3,5-6,8,11H2,1-2H3,(H,19,25). The fourth-order valence-electron chi connectivity index (χ4n) is 3.27. The molecule has 3 heterocycles. The summed E-state index contributed by atoms with van der Waals surface area (Å²) in [6.45, 7) is 4.04. The van der Waals surface area contributed by atoms with Crippen molar-refractivity contribution < 1.29 is 9.59 Å². The fraction of sp³-hybridized carbons (Fsp3) is 0.500. The Labute approximate surface area is 152 Å². The maximum atomic E-state index is 12.7. The molecule has 8 nitrogen and oxygen atoms in total. The maximum absolute atomic E-state index is 12.7. The van der Waals surface area contributed by atoms with Crippen LogP contribution in [0.25, 0.3) is 0 Å². The Hall–Kier alpha value is -2.77. The highest BCUT2D eigenvalue weighted by Crippen LogP contribution is 2.24. The molecule has 2 amide bonds. The van der Waals surface area contributed by atoms with Crippen LogP contribution in [0, 0.1) is 5.92 Å². The van der Waals surface area contributed by atoms with E-state index in [-0.39, 0.29) is 17.7 Å². The molecular formula is C18H24N6O2. The van der Waals surface area contributed by atoms with E-state index in [4.69, 9.17) is 0 Å². The summed E-state index contributed by atoms with van der Waals surface area (Å²) in [5.74, 6) is 0.237. The van der Waals surface area contributed by atoms with E-state index >= 15 is 0 Å². The highest BCUT2D eigenvalue weighted by Gasteiger charge is 2.29. The van der Waals surface area contributed by atoms with Crippen LogP contribution in [0.4, 0.5) is 0 Å². The molecule has 2 aromatic rings. The van der Waals surface area contributed by atoms with Crippen molar-refractivity contribution in [3.63, 3.8) is 0 Å². The molecule has 1 saturated heterocycles. The Balaban J connectivity index is 1.43. The lowest BCUT2D eigenvalue weighted by Crippen LogP contribution is -2.32. The SMILES string of the molecule is CC(C(=O)N1CCC(CCNC(=O)c2ccnnc2)C1)c1cnn(C)c1. The third kappa shape index (κ3) is 4.25. The van der Waals surface area contributed by atoms with Crippen LogP contribution in [0.1, 0.15) is 41.6 Å². The fourth-order valence-corrected chi connectivity index (χ4v) is 3.27. The number of likely N-dealkylation sites (tertiary alicyclic amines) is 1. The van der Waals surface area contributed by atoms with E-state index in [1.54, 1.807) is 16.9 Å². The van der Waals surface area contributed by atoms with Crippen molar-refractivity contribution in [3.05, 3.63) is 42.0 Å². The van der Waals surface area contributed by atoms with Crippen molar-refractivity contribution in [1.82, 2.24) is 30.2 Å². The molecular weight excluding hydrogens is 332 g/mol. The minimum atomic E-state index is -0.179. The molecule has 138 valence electrons. The summed E-state index contributed by atoms with van der Waals surface area (Å²) in [7, 11) is 1.85. The predicted octanol–water partition coefficient (Wildman–Crippen LogP) is 0.982. The highest BCUT2D eigenvalue weighted by atomic mass is 16.2. The van der Waals surface area contributed by atoms with E-state index < -0.39 is 0 Å². The third-order valence-electron chi connectivity index (χ3n) is 4.88. The van der Waals surface area contributed by atoms with Crippen molar-refractivity contribution in [3.8, 4) is 0 Å². The van der Waals surface area contributed by atoms with Crippen LogP contribution in [0.3, 0.4) is 0 Å². The van der Waals surface area contributed by atoms with Gasteiger partial charge in [0.15, 0.2) is 0 Å². The molecule has 2 unspecified atom stereocenters. The molecule has 0 aliphatic carbocycles.